The number of benzene rings is 1. The maximum Gasteiger partial charge on any atom is 0.201 e. The number of hydrogen-bond acceptors (Lipinski definition) is 2. The summed E-state index contributed by atoms with van der Waals surface area (Å²) in [6, 6.07) is 4.54. The minimum absolute atomic E-state index is 0.255. The molecular formula is C13H15ClFN3. The normalized spacial score (nSPS) is 23.7. The Morgan fingerprint density at radius 1 is 1.44 bits per heavy atom. The van der Waals surface area contributed by atoms with Gasteiger partial charge in [-0.3, -0.25) is 0 Å². The second-order valence-corrected chi connectivity index (χ2v) is 5.40. The van der Waals surface area contributed by atoms with E-state index in [4.69, 9.17) is 11.6 Å². The van der Waals surface area contributed by atoms with Gasteiger partial charge in [-0.2, -0.15) is 0 Å². The van der Waals surface area contributed by atoms with E-state index in [1.807, 2.05) is 0 Å². The number of nitrogens with zero attached hydrogens (tertiary/aromatic N) is 1. The molecule has 2 N–H and O–H groups in total. The molecule has 1 aliphatic rings. The van der Waals surface area contributed by atoms with E-state index in [1.165, 1.54) is 18.6 Å². The quantitative estimate of drug-likeness (QED) is 0.836. The fraction of sp³-hybridized carbons (Fsp3) is 0.462. The van der Waals surface area contributed by atoms with E-state index in [0.29, 0.717) is 17.4 Å². The van der Waals surface area contributed by atoms with Gasteiger partial charge in [-0.25, -0.2) is 9.37 Å². The van der Waals surface area contributed by atoms with Crippen molar-refractivity contribution in [3.63, 3.8) is 0 Å². The van der Waals surface area contributed by atoms with Gasteiger partial charge in [0.15, 0.2) is 0 Å². The molecule has 0 amide bonds. The Kier molecular flexibility index (Phi) is 3.12. The highest BCUT2D eigenvalue weighted by Gasteiger charge is 2.25. The smallest absolute Gasteiger partial charge is 0.201 e. The second-order valence-electron chi connectivity index (χ2n) is 4.83. The molecule has 5 heteroatoms. The van der Waals surface area contributed by atoms with E-state index in [2.05, 4.69) is 15.3 Å². The van der Waals surface area contributed by atoms with Crippen LogP contribution in [-0.2, 0) is 0 Å². The number of imidazole rings is 1. The van der Waals surface area contributed by atoms with Crippen LogP contribution < -0.4 is 5.32 Å². The minimum Gasteiger partial charge on any atom is -0.355 e. The van der Waals surface area contributed by atoms with Crippen LogP contribution in [0, 0.1) is 11.7 Å². The van der Waals surface area contributed by atoms with Crippen LogP contribution in [0.15, 0.2) is 18.2 Å². The molecule has 3 rings (SSSR count). The fourth-order valence-corrected chi connectivity index (χ4v) is 2.88. The van der Waals surface area contributed by atoms with Gasteiger partial charge in [-0.15, -0.1) is 11.6 Å². The predicted octanol–water partition coefficient (Wildman–Crippen LogP) is 3.52. The number of hydrogen-bond donors (Lipinski definition) is 2. The molecule has 1 saturated carbocycles. The highest BCUT2D eigenvalue weighted by atomic mass is 35.5. The molecule has 2 unspecified atom stereocenters. The molecule has 2 aromatic rings. The van der Waals surface area contributed by atoms with Crippen LogP contribution in [0.25, 0.3) is 11.0 Å². The standard InChI is InChI=1S/C13H15ClFN3/c14-10-3-1-2-8(10)7-16-13-17-11-5-4-9(15)6-12(11)18-13/h4-6,8,10H,1-3,7H2,(H2,16,17,18). The van der Waals surface area contributed by atoms with Gasteiger partial charge >= 0.3 is 0 Å². The van der Waals surface area contributed by atoms with Crippen molar-refractivity contribution in [1.82, 2.24) is 9.97 Å². The maximum absolute atomic E-state index is 13.0. The largest absolute Gasteiger partial charge is 0.355 e. The summed E-state index contributed by atoms with van der Waals surface area (Å²) in [7, 11) is 0. The Morgan fingerprint density at radius 2 is 2.33 bits per heavy atom. The summed E-state index contributed by atoms with van der Waals surface area (Å²) in [6.45, 7) is 0.816. The first-order valence-corrected chi connectivity index (χ1v) is 6.69. The molecule has 2 atom stereocenters. The van der Waals surface area contributed by atoms with Crippen LogP contribution >= 0.6 is 11.6 Å². The van der Waals surface area contributed by atoms with Crippen LogP contribution in [0.3, 0.4) is 0 Å². The average molecular weight is 268 g/mol. The maximum atomic E-state index is 13.0. The zero-order valence-corrected chi connectivity index (χ0v) is 10.7. The van der Waals surface area contributed by atoms with Gasteiger partial charge in [0.2, 0.25) is 5.95 Å². The molecular weight excluding hydrogens is 253 g/mol. The molecule has 0 saturated heterocycles. The molecule has 1 aromatic heterocycles. The summed E-state index contributed by atoms with van der Waals surface area (Å²) in [6.07, 6.45) is 3.46. The summed E-state index contributed by atoms with van der Waals surface area (Å²) in [5.74, 6) is 0.928. The number of fused-ring (bicyclic) bond motifs is 1. The molecule has 1 heterocycles. The van der Waals surface area contributed by atoms with Gasteiger partial charge in [-0.05, 0) is 37.0 Å². The summed E-state index contributed by atoms with van der Waals surface area (Å²) in [5, 5.41) is 3.52. The first-order chi connectivity index (χ1) is 8.72. The first-order valence-electron chi connectivity index (χ1n) is 6.25. The molecule has 1 fully saturated rings. The van der Waals surface area contributed by atoms with E-state index in [1.54, 1.807) is 6.07 Å². The van der Waals surface area contributed by atoms with Crippen molar-refractivity contribution in [2.24, 2.45) is 5.92 Å². The molecule has 0 aliphatic heterocycles. The van der Waals surface area contributed by atoms with Gasteiger partial charge in [0.05, 0.1) is 11.0 Å². The van der Waals surface area contributed by atoms with Crippen LogP contribution in [0.1, 0.15) is 19.3 Å². The topological polar surface area (TPSA) is 40.7 Å². The van der Waals surface area contributed by atoms with E-state index < -0.39 is 0 Å². The van der Waals surface area contributed by atoms with Crippen LogP contribution in [0.2, 0.25) is 0 Å². The van der Waals surface area contributed by atoms with E-state index in [0.717, 1.165) is 24.9 Å². The molecule has 18 heavy (non-hydrogen) atoms. The highest BCUT2D eigenvalue weighted by molar-refractivity contribution is 6.21. The fourth-order valence-electron chi connectivity index (χ4n) is 2.51. The van der Waals surface area contributed by atoms with Gasteiger partial charge < -0.3 is 10.3 Å². The van der Waals surface area contributed by atoms with E-state index >= 15 is 0 Å². The zero-order valence-electron chi connectivity index (χ0n) is 9.92. The molecule has 0 spiro atoms. The van der Waals surface area contributed by atoms with Crippen LogP contribution in [0.5, 0.6) is 0 Å². The summed E-state index contributed by atoms with van der Waals surface area (Å²) < 4.78 is 13.0. The molecule has 96 valence electrons. The predicted molar refractivity (Wildman–Crippen MR) is 71.5 cm³/mol. The molecule has 1 aliphatic carbocycles. The number of aromatic nitrogens is 2. The number of nitrogens with one attached hydrogen (secondary N) is 2. The third-order valence-electron chi connectivity index (χ3n) is 3.54. The molecule has 1 aromatic carbocycles. The lowest BCUT2D eigenvalue weighted by Gasteiger charge is -2.13. The molecule has 0 bridgehead atoms. The Morgan fingerprint density at radius 3 is 3.11 bits per heavy atom. The van der Waals surface area contributed by atoms with Crippen molar-refractivity contribution in [3.05, 3.63) is 24.0 Å². The summed E-state index contributed by atoms with van der Waals surface area (Å²) in [5.41, 5.74) is 1.49. The van der Waals surface area contributed by atoms with Gasteiger partial charge in [0.1, 0.15) is 5.82 Å². The van der Waals surface area contributed by atoms with Crippen molar-refractivity contribution >= 4 is 28.6 Å². The summed E-state index contributed by atoms with van der Waals surface area (Å²) >= 11 is 6.22. The zero-order chi connectivity index (χ0) is 12.5. The first kappa shape index (κ1) is 11.8. The number of H-pyrrole nitrogens is 1. The van der Waals surface area contributed by atoms with Gasteiger partial charge in [0.25, 0.3) is 0 Å². The monoisotopic (exact) mass is 267 g/mol. The van der Waals surface area contributed by atoms with E-state index in [9.17, 15) is 4.39 Å². The van der Waals surface area contributed by atoms with Crippen molar-refractivity contribution in [2.75, 3.05) is 11.9 Å². The number of alkyl halides is 1. The van der Waals surface area contributed by atoms with Crippen LogP contribution in [-0.4, -0.2) is 21.9 Å². The van der Waals surface area contributed by atoms with Crippen molar-refractivity contribution < 1.29 is 4.39 Å². The third-order valence-corrected chi connectivity index (χ3v) is 4.12. The second kappa shape index (κ2) is 4.76. The van der Waals surface area contributed by atoms with Crippen molar-refractivity contribution in [3.8, 4) is 0 Å². The number of aromatic amines is 1. The molecule has 0 radical (unpaired) electrons. The Labute approximate surface area is 110 Å². The van der Waals surface area contributed by atoms with Crippen molar-refractivity contribution in [1.29, 1.82) is 0 Å². The van der Waals surface area contributed by atoms with Gasteiger partial charge in [0, 0.05) is 11.9 Å². The van der Waals surface area contributed by atoms with Crippen LogP contribution in [0.4, 0.5) is 10.3 Å². The Bertz CT molecular complexity index is 554. The Hall–Kier alpha value is -1.29. The Balaban J connectivity index is 1.71. The molecule has 3 nitrogen and oxygen atoms in total. The highest BCUT2D eigenvalue weighted by Crippen LogP contribution is 2.30. The lowest BCUT2D eigenvalue weighted by molar-refractivity contribution is 0.584. The lowest BCUT2D eigenvalue weighted by Crippen LogP contribution is -2.18. The summed E-state index contributed by atoms with van der Waals surface area (Å²) in [4.78, 5) is 7.43. The minimum atomic E-state index is -0.255. The SMILES string of the molecule is Fc1ccc2nc(NCC3CCCC3Cl)[nH]c2c1. The van der Waals surface area contributed by atoms with E-state index in [-0.39, 0.29) is 11.2 Å². The van der Waals surface area contributed by atoms with Gasteiger partial charge in [-0.1, -0.05) is 6.42 Å². The lowest BCUT2D eigenvalue weighted by atomic mass is 10.1. The van der Waals surface area contributed by atoms with Crippen molar-refractivity contribution in [2.45, 2.75) is 24.6 Å². The number of anilines is 1. The number of rotatable bonds is 3. The number of halogens is 2. The average Bonchev–Trinajstić information content (AvgIpc) is 2.92. The third kappa shape index (κ3) is 2.29.